The number of rotatable bonds is 1. The van der Waals surface area contributed by atoms with E-state index in [0.717, 1.165) is 32.1 Å². The molecule has 2 N–H and O–H groups in total. The van der Waals surface area contributed by atoms with Crippen molar-refractivity contribution < 1.29 is 34.1 Å². The average Bonchev–Trinajstić information content (AvgIpc) is 3.24. The Kier molecular flexibility index (Phi) is 8.44. The monoisotopic (exact) mass is 555 g/mol. The molecule has 0 aromatic heterocycles. The Morgan fingerprint density at radius 3 is 2.73 bits per heavy atom. The number of nitrogens with zero attached hydrogens (tertiary/aromatic N) is 1. The predicted octanol–water partition coefficient (Wildman–Crippen LogP) is 5.39. The fourth-order valence-electron chi connectivity index (χ4n) is 7.22. The Balaban J connectivity index is 1.53. The molecule has 4 heterocycles. The van der Waals surface area contributed by atoms with Crippen LogP contribution < -0.4 is 0 Å². The van der Waals surface area contributed by atoms with Gasteiger partial charge in [0.2, 0.25) is 0 Å². The third-order valence-electron chi connectivity index (χ3n) is 9.45. The van der Waals surface area contributed by atoms with Crippen LogP contribution in [-0.2, 0) is 23.7 Å². The maximum absolute atomic E-state index is 13.9. The lowest BCUT2D eigenvalue weighted by molar-refractivity contribution is -0.335. The molecular formula is C32H45NO7. The van der Waals surface area contributed by atoms with E-state index >= 15 is 0 Å². The minimum atomic E-state index is -1.72. The van der Waals surface area contributed by atoms with Gasteiger partial charge in [0, 0.05) is 19.3 Å². The smallest absolute Gasteiger partial charge is 0.316 e. The van der Waals surface area contributed by atoms with Crippen molar-refractivity contribution in [2.24, 2.45) is 22.9 Å². The standard InChI is InChI=1S/C32H45NO7/c1-6-27-21(4)12-13-31(40-27)17-25-16-24(39-31)11-10-20(3)14-19(2)8-7-9-23-18-37-29-28(33-36)22(5)15-26(30(34)38-25)32(23,29)35/h7-10,15,19,21,24-27,29,35-36H,6,11-14,16-18H2,1-5H3/b8-7+,20-10+,23-9+,33-28+/t19-,21-,24?,25-,26?,27+,29+,31+,32+/m0/s1. The highest BCUT2D eigenvalue weighted by atomic mass is 16.7. The highest BCUT2D eigenvalue weighted by molar-refractivity contribution is 6.06. The molecule has 3 fully saturated rings. The SMILES string of the molecule is CC[C@H]1O[C@]2(CC[C@@H]1C)C[C@@H]1CC(C/C=C(\C)C[C@@H](C)/C=C/C=C3\CO[C@@H]4/C(=N/O)C(C)=CC(C(=O)O1)[C@]34O)O2. The average molecular weight is 556 g/mol. The van der Waals surface area contributed by atoms with Crippen LogP contribution >= 0.6 is 0 Å². The molecule has 0 saturated carbocycles. The number of carbonyl (C=O) groups excluding carboxylic acids is 1. The Hall–Kier alpha value is -2.26. The van der Waals surface area contributed by atoms with Gasteiger partial charge in [0.15, 0.2) is 5.79 Å². The van der Waals surface area contributed by atoms with Crippen molar-refractivity contribution in [3.63, 3.8) is 0 Å². The maximum atomic E-state index is 13.9. The number of allylic oxidation sites excluding steroid dienone is 4. The maximum Gasteiger partial charge on any atom is 0.316 e. The van der Waals surface area contributed by atoms with Gasteiger partial charge in [0.1, 0.15) is 29.4 Å². The minimum Gasteiger partial charge on any atom is -0.462 e. The highest BCUT2D eigenvalue weighted by Crippen LogP contribution is 2.46. The van der Waals surface area contributed by atoms with E-state index in [1.165, 1.54) is 5.57 Å². The van der Waals surface area contributed by atoms with Gasteiger partial charge in [-0.3, -0.25) is 4.79 Å². The molecule has 2 unspecified atom stereocenters. The molecule has 8 nitrogen and oxygen atoms in total. The van der Waals surface area contributed by atoms with E-state index in [0.29, 0.717) is 29.9 Å². The zero-order valence-corrected chi connectivity index (χ0v) is 24.5. The van der Waals surface area contributed by atoms with E-state index in [2.05, 4.69) is 45.0 Å². The molecule has 0 amide bonds. The van der Waals surface area contributed by atoms with E-state index in [9.17, 15) is 15.1 Å². The Morgan fingerprint density at radius 2 is 1.98 bits per heavy atom. The molecule has 9 atom stereocenters. The van der Waals surface area contributed by atoms with E-state index in [-0.39, 0.29) is 30.4 Å². The molecule has 2 bridgehead atoms. The second-order valence-corrected chi connectivity index (χ2v) is 12.6. The van der Waals surface area contributed by atoms with Crippen LogP contribution in [0.15, 0.2) is 52.3 Å². The Bertz CT molecular complexity index is 1140. The van der Waals surface area contributed by atoms with Crippen molar-refractivity contribution in [2.45, 2.75) is 115 Å². The molecule has 8 heteroatoms. The highest BCUT2D eigenvalue weighted by Gasteiger charge is 2.59. The van der Waals surface area contributed by atoms with Crippen LogP contribution in [0.5, 0.6) is 0 Å². The van der Waals surface area contributed by atoms with Gasteiger partial charge in [-0.25, -0.2) is 0 Å². The summed E-state index contributed by atoms with van der Waals surface area (Å²) in [5.74, 6) is -1.60. The number of aliphatic hydroxyl groups is 1. The number of carbonyl (C=O) groups is 1. The first-order chi connectivity index (χ1) is 19.1. The van der Waals surface area contributed by atoms with Gasteiger partial charge in [-0.15, -0.1) is 0 Å². The van der Waals surface area contributed by atoms with Crippen LogP contribution in [0.3, 0.4) is 0 Å². The molecule has 0 aromatic carbocycles. The first-order valence-corrected chi connectivity index (χ1v) is 14.9. The molecule has 4 aliphatic heterocycles. The first-order valence-electron chi connectivity index (χ1n) is 14.9. The van der Waals surface area contributed by atoms with Crippen molar-refractivity contribution in [1.82, 2.24) is 0 Å². The van der Waals surface area contributed by atoms with Crippen molar-refractivity contribution in [1.29, 1.82) is 0 Å². The van der Waals surface area contributed by atoms with Crippen molar-refractivity contribution >= 4 is 11.7 Å². The van der Waals surface area contributed by atoms with Gasteiger partial charge in [0.25, 0.3) is 0 Å². The zero-order valence-electron chi connectivity index (χ0n) is 24.5. The lowest BCUT2D eigenvalue weighted by Crippen LogP contribution is -2.57. The Labute approximate surface area is 237 Å². The number of fused-ring (bicyclic) bond motifs is 2. The number of oxime groups is 1. The number of esters is 1. The van der Waals surface area contributed by atoms with E-state index in [4.69, 9.17) is 18.9 Å². The van der Waals surface area contributed by atoms with Gasteiger partial charge in [0.05, 0.1) is 18.8 Å². The third kappa shape index (κ3) is 5.48. The fourth-order valence-corrected chi connectivity index (χ4v) is 7.22. The molecular weight excluding hydrogens is 510 g/mol. The van der Waals surface area contributed by atoms with Gasteiger partial charge in [-0.1, -0.05) is 61.9 Å². The second-order valence-electron chi connectivity index (χ2n) is 12.6. The largest absolute Gasteiger partial charge is 0.462 e. The summed E-state index contributed by atoms with van der Waals surface area (Å²) in [4.78, 5) is 13.9. The van der Waals surface area contributed by atoms with Crippen LogP contribution in [0.2, 0.25) is 0 Å². The fraction of sp³-hybridized carbons (Fsp3) is 0.688. The van der Waals surface area contributed by atoms with Crippen molar-refractivity contribution in [2.75, 3.05) is 6.61 Å². The zero-order chi connectivity index (χ0) is 28.7. The van der Waals surface area contributed by atoms with Crippen LogP contribution in [0.25, 0.3) is 0 Å². The molecule has 5 aliphatic rings. The predicted molar refractivity (Wildman–Crippen MR) is 151 cm³/mol. The van der Waals surface area contributed by atoms with E-state index in [1.54, 1.807) is 13.0 Å². The second kappa shape index (κ2) is 11.6. The molecule has 1 aliphatic carbocycles. The summed E-state index contributed by atoms with van der Waals surface area (Å²) in [6.45, 7) is 10.5. The summed E-state index contributed by atoms with van der Waals surface area (Å²) < 4.78 is 25.5. The van der Waals surface area contributed by atoms with Gasteiger partial charge in [-0.2, -0.15) is 0 Å². The number of hydrogen-bond donors (Lipinski definition) is 2. The van der Waals surface area contributed by atoms with E-state index in [1.807, 2.05) is 12.2 Å². The summed E-state index contributed by atoms with van der Waals surface area (Å²) in [7, 11) is 0. The quantitative estimate of drug-likeness (QED) is 0.193. The van der Waals surface area contributed by atoms with Gasteiger partial charge in [-0.05, 0) is 62.5 Å². The summed E-state index contributed by atoms with van der Waals surface area (Å²) >= 11 is 0. The molecule has 220 valence electrons. The van der Waals surface area contributed by atoms with Crippen LogP contribution in [0, 0.1) is 17.8 Å². The van der Waals surface area contributed by atoms with Gasteiger partial charge < -0.3 is 29.3 Å². The summed E-state index contributed by atoms with van der Waals surface area (Å²) in [6.07, 6.45) is 13.6. The summed E-state index contributed by atoms with van der Waals surface area (Å²) in [6, 6.07) is 0. The molecule has 0 aromatic rings. The lowest BCUT2D eigenvalue weighted by Gasteiger charge is -2.49. The normalized spacial score (nSPS) is 47.0. The van der Waals surface area contributed by atoms with E-state index < -0.39 is 35.5 Å². The van der Waals surface area contributed by atoms with Crippen molar-refractivity contribution in [3.8, 4) is 0 Å². The molecule has 5 rings (SSSR count). The molecule has 1 spiro atoms. The topological polar surface area (TPSA) is 107 Å². The minimum absolute atomic E-state index is 0.0940. The third-order valence-corrected chi connectivity index (χ3v) is 9.45. The lowest BCUT2D eigenvalue weighted by atomic mass is 9.71. The summed E-state index contributed by atoms with van der Waals surface area (Å²) in [5.41, 5.74) is 0.922. The van der Waals surface area contributed by atoms with Gasteiger partial charge >= 0.3 is 5.97 Å². The van der Waals surface area contributed by atoms with Crippen LogP contribution in [0.1, 0.15) is 79.6 Å². The number of hydrogen-bond acceptors (Lipinski definition) is 8. The molecule has 40 heavy (non-hydrogen) atoms. The van der Waals surface area contributed by atoms with Crippen molar-refractivity contribution in [3.05, 3.63) is 47.1 Å². The van der Waals surface area contributed by atoms with Crippen LogP contribution in [-0.4, -0.2) is 64.4 Å². The summed E-state index contributed by atoms with van der Waals surface area (Å²) in [5, 5.41) is 25.3. The van der Waals surface area contributed by atoms with Crippen LogP contribution in [0.4, 0.5) is 0 Å². The number of ether oxygens (including phenoxy) is 4. The first kappa shape index (κ1) is 29.2. The molecule has 0 radical (unpaired) electrons. The Morgan fingerprint density at radius 1 is 1.18 bits per heavy atom. The molecule has 3 saturated heterocycles.